The zero-order chi connectivity index (χ0) is 18.0. The number of ether oxygens (including phenoxy) is 1. The van der Waals surface area contributed by atoms with Crippen LogP contribution >= 0.6 is 0 Å². The summed E-state index contributed by atoms with van der Waals surface area (Å²) in [6, 6.07) is 6.98. The Labute approximate surface area is 148 Å². The number of hydrogen-bond acceptors (Lipinski definition) is 5. The first-order valence-electron chi connectivity index (χ1n) is 8.52. The Morgan fingerprint density at radius 2 is 2.00 bits per heavy atom. The van der Waals surface area contributed by atoms with Gasteiger partial charge in [0.05, 0.1) is 18.1 Å². The van der Waals surface area contributed by atoms with Crippen molar-refractivity contribution in [1.82, 2.24) is 9.80 Å². The molecule has 7 nitrogen and oxygen atoms in total. The van der Waals surface area contributed by atoms with E-state index in [9.17, 15) is 13.2 Å². The number of sulfone groups is 1. The molecule has 2 atom stereocenters. The monoisotopic (exact) mass is 367 g/mol. The van der Waals surface area contributed by atoms with Crippen molar-refractivity contribution in [3.63, 3.8) is 0 Å². The third-order valence-electron chi connectivity index (χ3n) is 5.17. The van der Waals surface area contributed by atoms with Crippen molar-refractivity contribution >= 4 is 21.6 Å². The van der Waals surface area contributed by atoms with Crippen LogP contribution in [0.2, 0.25) is 0 Å². The van der Waals surface area contributed by atoms with Crippen LogP contribution in [0.3, 0.4) is 0 Å². The zero-order valence-electron chi connectivity index (χ0n) is 14.6. The third kappa shape index (κ3) is 3.90. The summed E-state index contributed by atoms with van der Waals surface area (Å²) < 4.78 is 29.9. The van der Waals surface area contributed by atoms with Crippen molar-refractivity contribution in [3.05, 3.63) is 24.3 Å². The zero-order valence-corrected chi connectivity index (χ0v) is 15.5. The van der Waals surface area contributed by atoms with Gasteiger partial charge in [0, 0.05) is 37.4 Å². The van der Waals surface area contributed by atoms with Crippen LogP contribution in [0.5, 0.6) is 5.75 Å². The number of hydrogen-bond donors (Lipinski definition) is 1. The molecule has 0 unspecified atom stereocenters. The van der Waals surface area contributed by atoms with Gasteiger partial charge in [-0.15, -0.1) is 0 Å². The van der Waals surface area contributed by atoms with Crippen LogP contribution in [-0.4, -0.2) is 75.1 Å². The molecule has 0 aromatic heterocycles. The van der Waals surface area contributed by atoms with Gasteiger partial charge in [-0.3, -0.25) is 0 Å². The van der Waals surface area contributed by atoms with E-state index < -0.39 is 9.84 Å². The maximum absolute atomic E-state index is 12.6. The number of methoxy groups -OCH3 is 1. The highest BCUT2D eigenvalue weighted by molar-refractivity contribution is 7.92. The number of fused-ring (bicyclic) bond motifs is 1. The lowest BCUT2D eigenvalue weighted by molar-refractivity contribution is 0.205. The molecular formula is C17H25N3O4S. The second-order valence-electron chi connectivity index (χ2n) is 6.68. The van der Waals surface area contributed by atoms with Crippen LogP contribution in [0.25, 0.3) is 0 Å². The van der Waals surface area contributed by atoms with Gasteiger partial charge in [0.15, 0.2) is 9.84 Å². The molecule has 0 aliphatic carbocycles. The summed E-state index contributed by atoms with van der Waals surface area (Å²) >= 11 is 0. The molecule has 0 saturated carbocycles. The van der Waals surface area contributed by atoms with Crippen molar-refractivity contribution in [2.24, 2.45) is 0 Å². The molecule has 2 amide bonds. The van der Waals surface area contributed by atoms with Gasteiger partial charge in [-0.2, -0.15) is 0 Å². The van der Waals surface area contributed by atoms with Gasteiger partial charge in [0.25, 0.3) is 0 Å². The number of benzene rings is 1. The number of likely N-dealkylation sites (tertiary alicyclic amines) is 1. The fraction of sp³-hybridized carbons (Fsp3) is 0.588. The summed E-state index contributed by atoms with van der Waals surface area (Å²) in [4.78, 5) is 16.4. The molecular weight excluding hydrogens is 342 g/mol. The molecule has 1 aromatic rings. The number of urea groups is 1. The Kier molecular flexibility index (Phi) is 5.19. The number of amides is 2. The summed E-state index contributed by atoms with van der Waals surface area (Å²) in [5.74, 6) is 0.883. The van der Waals surface area contributed by atoms with Crippen LogP contribution in [-0.2, 0) is 9.84 Å². The second-order valence-corrected chi connectivity index (χ2v) is 9.02. The first kappa shape index (κ1) is 18.0. The summed E-state index contributed by atoms with van der Waals surface area (Å²) in [6.45, 7) is 1.57. The highest BCUT2D eigenvalue weighted by atomic mass is 32.2. The first-order valence-corrected chi connectivity index (χ1v) is 10.2. The molecule has 0 radical (unpaired) electrons. The van der Waals surface area contributed by atoms with E-state index in [1.54, 1.807) is 24.1 Å². The molecule has 2 aliphatic rings. The van der Waals surface area contributed by atoms with E-state index in [2.05, 4.69) is 10.2 Å². The fourth-order valence-corrected chi connectivity index (χ4v) is 5.81. The van der Waals surface area contributed by atoms with Crippen LogP contribution < -0.4 is 10.1 Å². The Balaban J connectivity index is 1.69. The highest BCUT2D eigenvalue weighted by Gasteiger charge is 2.41. The molecule has 8 heteroatoms. The van der Waals surface area contributed by atoms with Gasteiger partial charge in [0.1, 0.15) is 5.75 Å². The quantitative estimate of drug-likeness (QED) is 0.855. The standard InChI is InChI=1S/C17H25N3O4S/c1-19-10-11-25(22,23)16-7-9-20(8-6-15(16)19)17(21)18-13-4-3-5-14(12-13)24-2/h3-5,12,15-16H,6-11H2,1-2H3,(H,18,21)/t15-,16+/m0/s1. The Morgan fingerprint density at radius 1 is 1.24 bits per heavy atom. The summed E-state index contributed by atoms with van der Waals surface area (Å²) in [5, 5.41) is 2.50. The average Bonchev–Trinajstić information content (AvgIpc) is 2.83. The number of nitrogens with zero attached hydrogens (tertiary/aromatic N) is 2. The lowest BCUT2D eigenvalue weighted by Gasteiger charge is -2.37. The van der Waals surface area contributed by atoms with E-state index >= 15 is 0 Å². The maximum Gasteiger partial charge on any atom is 0.321 e. The van der Waals surface area contributed by atoms with Gasteiger partial charge in [-0.25, -0.2) is 13.2 Å². The van der Waals surface area contributed by atoms with E-state index in [1.807, 2.05) is 19.2 Å². The molecule has 25 heavy (non-hydrogen) atoms. The fourth-order valence-electron chi connectivity index (χ4n) is 3.68. The van der Waals surface area contributed by atoms with Crippen LogP contribution in [0, 0.1) is 0 Å². The van der Waals surface area contributed by atoms with Crippen LogP contribution in [0.4, 0.5) is 10.5 Å². The van der Waals surface area contributed by atoms with Gasteiger partial charge < -0.3 is 19.9 Å². The molecule has 0 spiro atoms. The summed E-state index contributed by atoms with van der Waals surface area (Å²) in [6.07, 6.45) is 1.16. The summed E-state index contributed by atoms with van der Waals surface area (Å²) in [5.41, 5.74) is 0.663. The van der Waals surface area contributed by atoms with Crippen molar-refractivity contribution in [2.45, 2.75) is 24.1 Å². The molecule has 138 valence electrons. The molecule has 1 aromatic carbocycles. The lowest BCUT2D eigenvalue weighted by atomic mass is 10.1. The van der Waals surface area contributed by atoms with Crippen LogP contribution in [0.15, 0.2) is 24.3 Å². The molecule has 2 aliphatic heterocycles. The maximum atomic E-state index is 12.6. The smallest absolute Gasteiger partial charge is 0.321 e. The third-order valence-corrected chi connectivity index (χ3v) is 7.40. The second kappa shape index (κ2) is 7.21. The molecule has 2 heterocycles. The van der Waals surface area contributed by atoms with E-state index in [0.29, 0.717) is 43.9 Å². The average molecular weight is 367 g/mol. The van der Waals surface area contributed by atoms with Gasteiger partial charge >= 0.3 is 6.03 Å². The van der Waals surface area contributed by atoms with Crippen molar-refractivity contribution < 1.29 is 17.9 Å². The van der Waals surface area contributed by atoms with E-state index in [1.165, 1.54) is 0 Å². The highest BCUT2D eigenvalue weighted by Crippen LogP contribution is 2.27. The molecule has 3 rings (SSSR count). The lowest BCUT2D eigenvalue weighted by Crippen LogP contribution is -2.52. The Morgan fingerprint density at radius 3 is 2.76 bits per heavy atom. The number of nitrogens with one attached hydrogen (secondary N) is 1. The minimum atomic E-state index is -3.07. The number of rotatable bonds is 2. The Hall–Kier alpha value is -1.80. The number of anilines is 1. The first-order chi connectivity index (χ1) is 11.9. The van der Waals surface area contributed by atoms with Gasteiger partial charge in [-0.1, -0.05) is 6.07 Å². The Bertz CT molecular complexity index is 737. The van der Waals surface area contributed by atoms with E-state index in [0.717, 1.165) is 0 Å². The molecule has 2 saturated heterocycles. The van der Waals surface area contributed by atoms with Crippen molar-refractivity contribution in [3.8, 4) is 5.75 Å². The summed E-state index contributed by atoms with van der Waals surface area (Å²) in [7, 11) is 0.475. The predicted octanol–water partition coefficient (Wildman–Crippen LogP) is 1.42. The molecule has 0 bridgehead atoms. The minimum Gasteiger partial charge on any atom is -0.497 e. The van der Waals surface area contributed by atoms with Crippen molar-refractivity contribution in [1.29, 1.82) is 0 Å². The normalized spacial score (nSPS) is 26.4. The van der Waals surface area contributed by atoms with E-state index in [4.69, 9.17) is 4.74 Å². The predicted molar refractivity (Wildman–Crippen MR) is 96.8 cm³/mol. The minimum absolute atomic E-state index is 0.00614. The SMILES string of the molecule is COc1cccc(NC(=O)N2CC[C@@H]3[C@H](CC2)N(C)CCS3(=O)=O)c1. The van der Waals surface area contributed by atoms with Crippen LogP contribution in [0.1, 0.15) is 12.8 Å². The number of carbonyl (C=O) groups is 1. The van der Waals surface area contributed by atoms with Crippen molar-refractivity contribution in [2.75, 3.05) is 44.9 Å². The van der Waals surface area contributed by atoms with Gasteiger partial charge in [0.2, 0.25) is 0 Å². The van der Waals surface area contributed by atoms with E-state index in [-0.39, 0.29) is 23.1 Å². The molecule has 2 fully saturated rings. The molecule has 1 N–H and O–H groups in total. The van der Waals surface area contributed by atoms with Gasteiger partial charge in [-0.05, 0) is 32.0 Å². The largest absolute Gasteiger partial charge is 0.497 e. The number of carbonyl (C=O) groups excluding carboxylic acids is 1. The topological polar surface area (TPSA) is 79.0 Å².